The number of amides is 1. The molecule has 1 amide bonds. The molecular formula is C22H24FN3O3. The smallest absolute Gasteiger partial charge is 0.258 e. The molecule has 152 valence electrons. The third-order valence-corrected chi connectivity index (χ3v) is 4.19. The molecule has 4 N–H and O–H groups in total. The summed E-state index contributed by atoms with van der Waals surface area (Å²) in [6.45, 7) is 8.35. The van der Waals surface area contributed by atoms with Crippen molar-refractivity contribution in [2.24, 2.45) is 5.41 Å². The average molecular weight is 397 g/mol. The predicted molar refractivity (Wildman–Crippen MR) is 111 cm³/mol. The SMILES string of the molecule is Cc1[nH]c2ccc(F)cc2c1C(=O)Nc1ccc(OCC(C)(C)C)c(C#N)c1.O. The Kier molecular flexibility index (Phi) is 6.30. The second-order valence-corrected chi connectivity index (χ2v) is 7.94. The Morgan fingerprint density at radius 1 is 1.24 bits per heavy atom. The van der Waals surface area contributed by atoms with Crippen LogP contribution in [0.2, 0.25) is 0 Å². The minimum Gasteiger partial charge on any atom is -0.492 e. The number of H-pyrrole nitrogens is 1. The molecule has 6 nitrogen and oxygen atoms in total. The highest BCUT2D eigenvalue weighted by atomic mass is 19.1. The number of hydrogen-bond acceptors (Lipinski definition) is 3. The lowest BCUT2D eigenvalue weighted by Gasteiger charge is -2.19. The van der Waals surface area contributed by atoms with Gasteiger partial charge in [0, 0.05) is 22.3 Å². The second-order valence-electron chi connectivity index (χ2n) is 7.94. The molecule has 1 aromatic heterocycles. The molecule has 0 bridgehead atoms. The average Bonchev–Trinajstić information content (AvgIpc) is 2.94. The first-order valence-corrected chi connectivity index (χ1v) is 8.94. The van der Waals surface area contributed by atoms with Gasteiger partial charge in [-0.2, -0.15) is 5.26 Å². The quantitative estimate of drug-likeness (QED) is 0.683. The van der Waals surface area contributed by atoms with E-state index in [1.54, 1.807) is 31.2 Å². The van der Waals surface area contributed by atoms with Crippen molar-refractivity contribution >= 4 is 22.5 Å². The Morgan fingerprint density at radius 3 is 2.62 bits per heavy atom. The number of nitriles is 1. The van der Waals surface area contributed by atoms with Crippen molar-refractivity contribution < 1.29 is 19.4 Å². The van der Waals surface area contributed by atoms with E-state index in [0.29, 0.717) is 45.8 Å². The van der Waals surface area contributed by atoms with E-state index in [1.165, 1.54) is 12.1 Å². The minimum atomic E-state index is -0.410. The van der Waals surface area contributed by atoms with Crippen LogP contribution in [0.15, 0.2) is 36.4 Å². The molecule has 3 rings (SSSR count). The number of anilines is 1. The molecule has 0 atom stereocenters. The van der Waals surface area contributed by atoms with Crippen molar-refractivity contribution in [3.8, 4) is 11.8 Å². The van der Waals surface area contributed by atoms with Crippen molar-refractivity contribution in [2.45, 2.75) is 27.7 Å². The maximum Gasteiger partial charge on any atom is 0.258 e. The van der Waals surface area contributed by atoms with E-state index in [4.69, 9.17) is 4.74 Å². The van der Waals surface area contributed by atoms with Gasteiger partial charge in [-0.25, -0.2) is 4.39 Å². The number of nitrogens with one attached hydrogen (secondary N) is 2. The summed E-state index contributed by atoms with van der Waals surface area (Å²) in [5, 5.41) is 12.7. The normalized spacial score (nSPS) is 10.9. The van der Waals surface area contributed by atoms with E-state index in [9.17, 15) is 14.4 Å². The van der Waals surface area contributed by atoms with Crippen LogP contribution in [0.5, 0.6) is 5.75 Å². The number of ether oxygens (including phenoxy) is 1. The van der Waals surface area contributed by atoms with Crippen LogP contribution in [-0.2, 0) is 0 Å². The number of fused-ring (bicyclic) bond motifs is 1. The van der Waals surface area contributed by atoms with E-state index < -0.39 is 5.82 Å². The standard InChI is InChI=1S/C22H22FN3O2.H2O/c1-13-20(17-10-15(23)5-7-18(17)25-13)21(27)26-16-6-8-19(14(9-16)11-24)28-12-22(2,3)4;/h5-10,25H,12H2,1-4H3,(H,26,27);1H2. The lowest BCUT2D eigenvalue weighted by molar-refractivity contribution is 0.102. The summed E-state index contributed by atoms with van der Waals surface area (Å²) in [7, 11) is 0. The van der Waals surface area contributed by atoms with Crippen LogP contribution in [0.25, 0.3) is 10.9 Å². The topological polar surface area (TPSA) is 109 Å². The fraction of sp³-hybridized carbons (Fsp3) is 0.273. The number of benzene rings is 2. The van der Waals surface area contributed by atoms with Gasteiger partial charge in [-0.05, 0) is 48.7 Å². The Balaban J connectivity index is 0.00000300. The van der Waals surface area contributed by atoms with Crippen LogP contribution in [0.3, 0.4) is 0 Å². The molecule has 0 unspecified atom stereocenters. The lowest BCUT2D eigenvalue weighted by atomic mass is 9.98. The fourth-order valence-electron chi connectivity index (χ4n) is 2.90. The summed E-state index contributed by atoms with van der Waals surface area (Å²) in [5.74, 6) is -0.310. The van der Waals surface area contributed by atoms with E-state index in [-0.39, 0.29) is 16.8 Å². The molecule has 0 aliphatic heterocycles. The molecule has 2 aromatic carbocycles. The van der Waals surface area contributed by atoms with E-state index >= 15 is 0 Å². The van der Waals surface area contributed by atoms with Gasteiger partial charge in [0.05, 0.1) is 17.7 Å². The van der Waals surface area contributed by atoms with Crippen molar-refractivity contribution in [1.29, 1.82) is 5.26 Å². The molecular weight excluding hydrogens is 373 g/mol. The number of carbonyl (C=O) groups excluding carboxylic acids is 1. The summed E-state index contributed by atoms with van der Waals surface area (Å²) < 4.78 is 19.4. The number of aryl methyl sites for hydroxylation is 1. The Hall–Kier alpha value is -3.37. The Bertz CT molecular complexity index is 1090. The largest absolute Gasteiger partial charge is 0.492 e. The van der Waals surface area contributed by atoms with Gasteiger partial charge in [0.15, 0.2) is 0 Å². The van der Waals surface area contributed by atoms with E-state index in [1.807, 2.05) is 20.8 Å². The third-order valence-electron chi connectivity index (χ3n) is 4.19. The van der Waals surface area contributed by atoms with Crippen LogP contribution >= 0.6 is 0 Å². The molecule has 0 saturated carbocycles. The zero-order chi connectivity index (χ0) is 20.5. The molecule has 3 aromatic rings. The van der Waals surface area contributed by atoms with Gasteiger partial charge in [-0.15, -0.1) is 0 Å². The van der Waals surface area contributed by atoms with Crippen molar-refractivity contribution in [2.75, 3.05) is 11.9 Å². The summed E-state index contributed by atoms with van der Waals surface area (Å²) in [6.07, 6.45) is 0. The van der Waals surface area contributed by atoms with Gasteiger partial charge < -0.3 is 20.5 Å². The molecule has 0 saturated heterocycles. The predicted octanol–water partition coefficient (Wildman–Crippen LogP) is 4.34. The first-order valence-electron chi connectivity index (χ1n) is 8.94. The van der Waals surface area contributed by atoms with Crippen LogP contribution < -0.4 is 10.1 Å². The van der Waals surface area contributed by atoms with Gasteiger partial charge in [-0.1, -0.05) is 20.8 Å². The summed E-state index contributed by atoms with van der Waals surface area (Å²) in [5.41, 5.74) is 2.47. The highest BCUT2D eigenvalue weighted by Gasteiger charge is 2.18. The molecule has 7 heteroatoms. The summed E-state index contributed by atoms with van der Waals surface area (Å²) in [6, 6.07) is 11.3. The van der Waals surface area contributed by atoms with Crippen molar-refractivity contribution in [3.05, 3.63) is 59.0 Å². The van der Waals surface area contributed by atoms with Gasteiger partial charge in [0.25, 0.3) is 5.91 Å². The third kappa shape index (κ3) is 4.92. The first-order chi connectivity index (χ1) is 13.2. The zero-order valence-corrected chi connectivity index (χ0v) is 16.8. The van der Waals surface area contributed by atoms with Gasteiger partial charge in [0.2, 0.25) is 0 Å². The van der Waals surface area contributed by atoms with E-state index in [2.05, 4.69) is 16.4 Å². The van der Waals surface area contributed by atoms with Gasteiger partial charge in [-0.3, -0.25) is 4.79 Å². The van der Waals surface area contributed by atoms with Gasteiger partial charge >= 0.3 is 0 Å². The molecule has 29 heavy (non-hydrogen) atoms. The molecule has 0 aliphatic rings. The maximum absolute atomic E-state index is 13.6. The van der Waals surface area contributed by atoms with Crippen molar-refractivity contribution in [1.82, 2.24) is 4.98 Å². The van der Waals surface area contributed by atoms with Gasteiger partial charge in [0.1, 0.15) is 17.6 Å². The number of nitrogens with zero attached hydrogens (tertiary/aromatic N) is 1. The van der Waals surface area contributed by atoms with E-state index in [0.717, 1.165) is 0 Å². The summed E-state index contributed by atoms with van der Waals surface area (Å²) >= 11 is 0. The van der Waals surface area contributed by atoms with Crippen LogP contribution in [-0.4, -0.2) is 23.0 Å². The first kappa shape index (κ1) is 21.9. The van der Waals surface area contributed by atoms with Crippen LogP contribution in [0, 0.1) is 29.5 Å². The van der Waals surface area contributed by atoms with Crippen LogP contribution in [0.4, 0.5) is 10.1 Å². The monoisotopic (exact) mass is 397 g/mol. The highest BCUT2D eigenvalue weighted by Crippen LogP contribution is 2.27. The molecule has 0 aliphatic carbocycles. The maximum atomic E-state index is 13.6. The summed E-state index contributed by atoms with van der Waals surface area (Å²) in [4.78, 5) is 15.9. The number of halogens is 1. The van der Waals surface area contributed by atoms with Crippen molar-refractivity contribution in [3.63, 3.8) is 0 Å². The second kappa shape index (κ2) is 8.33. The number of carbonyl (C=O) groups is 1. The molecule has 0 fully saturated rings. The minimum absolute atomic E-state index is 0. The Morgan fingerprint density at radius 2 is 1.97 bits per heavy atom. The highest BCUT2D eigenvalue weighted by molar-refractivity contribution is 6.14. The lowest BCUT2D eigenvalue weighted by Crippen LogP contribution is -2.17. The number of aromatic nitrogens is 1. The van der Waals surface area contributed by atoms with Crippen LogP contribution in [0.1, 0.15) is 42.4 Å². The molecule has 0 radical (unpaired) electrons. The number of aromatic amines is 1. The zero-order valence-electron chi connectivity index (χ0n) is 16.8. The molecule has 1 heterocycles. The fourth-order valence-corrected chi connectivity index (χ4v) is 2.90. The Labute approximate surface area is 168 Å². The molecule has 0 spiro atoms. The number of hydrogen-bond donors (Lipinski definition) is 2. The number of rotatable bonds is 4.